The Balaban J connectivity index is 1.48. The van der Waals surface area contributed by atoms with Crippen LogP contribution >= 0.6 is 0 Å². The van der Waals surface area contributed by atoms with Crippen molar-refractivity contribution in [1.82, 2.24) is 9.80 Å². The highest BCUT2D eigenvalue weighted by Crippen LogP contribution is 2.47. The van der Waals surface area contributed by atoms with Crippen molar-refractivity contribution < 1.29 is 19.1 Å². The van der Waals surface area contributed by atoms with Crippen molar-refractivity contribution in [1.29, 1.82) is 0 Å². The van der Waals surface area contributed by atoms with Gasteiger partial charge >= 0.3 is 0 Å². The second-order valence-corrected chi connectivity index (χ2v) is 7.20. The maximum Gasteiger partial charge on any atom is 0.246 e. The van der Waals surface area contributed by atoms with Gasteiger partial charge in [0, 0.05) is 32.1 Å². The lowest BCUT2D eigenvalue weighted by Crippen LogP contribution is -2.45. The molecule has 1 saturated carbocycles. The predicted octanol–water partition coefficient (Wildman–Crippen LogP) is 1.86. The number of hydrogen-bond acceptors (Lipinski definition) is 4. The number of aliphatic hydroxyl groups excluding tert-OH is 1. The highest BCUT2D eigenvalue weighted by molar-refractivity contribution is 5.93. The maximum absolute atomic E-state index is 12.2. The summed E-state index contributed by atoms with van der Waals surface area (Å²) in [7, 11) is 1.61. The summed E-state index contributed by atoms with van der Waals surface area (Å²) in [6.07, 6.45) is 5.13. The molecule has 0 bridgehead atoms. The molecule has 1 aliphatic heterocycles. The molecule has 1 saturated heterocycles. The van der Waals surface area contributed by atoms with E-state index in [0.29, 0.717) is 43.5 Å². The summed E-state index contributed by atoms with van der Waals surface area (Å²) in [6, 6.07) is 3.84. The lowest BCUT2D eigenvalue weighted by molar-refractivity contribution is -0.138. The van der Waals surface area contributed by atoms with E-state index >= 15 is 0 Å². The Morgan fingerprint density at radius 3 is 2.68 bits per heavy atom. The van der Waals surface area contributed by atoms with E-state index in [-0.39, 0.29) is 24.5 Å². The average Bonchev–Trinajstić information content (AvgIpc) is 3.14. The van der Waals surface area contributed by atoms with E-state index in [1.165, 1.54) is 11.0 Å². The van der Waals surface area contributed by atoms with Gasteiger partial charge in [-0.25, -0.2) is 0 Å². The third-order valence-electron chi connectivity index (χ3n) is 5.08. The normalized spacial score (nSPS) is 23.9. The smallest absolute Gasteiger partial charge is 0.246 e. The molecule has 1 aliphatic carbocycles. The molecule has 6 nitrogen and oxygen atoms in total. The number of piperidine rings is 1. The Kier molecular flexibility index (Phi) is 5.27. The molecule has 25 heavy (non-hydrogen) atoms. The van der Waals surface area contributed by atoms with Gasteiger partial charge in [-0.05, 0) is 43.4 Å². The first-order valence-corrected chi connectivity index (χ1v) is 8.93. The zero-order valence-electron chi connectivity index (χ0n) is 14.9. The quantitative estimate of drug-likeness (QED) is 0.826. The van der Waals surface area contributed by atoms with Gasteiger partial charge in [0.2, 0.25) is 11.8 Å². The molecule has 2 heterocycles. The van der Waals surface area contributed by atoms with Gasteiger partial charge in [-0.2, -0.15) is 0 Å². The van der Waals surface area contributed by atoms with Gasteiger partial charge < -0.3 is 19.3 Å². The van der Waals surface area contributed by atoms with E-state index in [0.717, 1.165) is 12.2 Å². The lowest BCUT2D eigenvalue weighted by atomic mass is 10.1. The fourth-order valence-corrected chi connectivity index (χ4v) is 3.15. The van der Waals surface area contributed by atoms with Crippen molar-refractivity contribution in [2.45, 2.75) is 38.2 Å². The zero-order chi connectivity index (χ0) is 18.0. The Morgan fingerprint density at radius 2 is 2.04 bits per heavy atom. The molecule has 1 N–H and O–H groups in total. The molecule has 1 aromatic heterocycles. The second-order valence-electron chi connectivity index (χ2n) is 7.20. The minimum absolute atomic E-state index is 0.0439. The molecular formula is C19H26N2O4. The van der Waals surface area contributed by atoms with Crippen LogP contribution in [-0.4, -0.2) is 59.5 Å². The summed E-state index contributed by atoms with van der Waals surface area (Å²) in [5, 5.41) is 9.49. The summed E-state index contributed by atoms with van der Waals surface area (Å²) >= 11 is 0. The largest absolute Gasteiger partial charge is 0.461 e. The van der Waals surface area contributed by atoms with Crippen molar-refractivity contribution in [2.75, 3.05) is 26.7 Å². The highest BCUT2D eigenvalue weighted by Gasteiger charge is 2.36. The number of nitrogens with zero attached hydrogens (tertiary/aromatic N) is 2. The fraction of sp³-hybridized carbons (Fsp3) is 0.579. The first-order valence-electron chi connectivity index (χ1n) is 8.93. The first-order chi connectivity index (χ1) is 11.9. The van der Waals surface area contributed by atoms with Crippen LogP contribution in [-0.2, 0) is 9.59 Å². The third-order valence-corrected chi connectivity index (χ3v) is 5.08. The van der Waals surface area contributed by atoms with Crippen LogP contribution in [0.2, 0.25) is 0 Å². The van der Waals surface area contributed by atoms with E-state index in [1.54, 1.807) is 18.0 Å². The monoisotopic (exact) mass is 346 g/mol. The number of carbonyl (C=O) groups is 2. The molecular weight excluding hydrogens is 320 g/mol. The average molecular weight is 346 g/mol. The van der Waals surface area contributed by atoms with Crippen LogP contribution in [0.4, 0.5) is 0 Å². The molecule has 3 rings (SSSR count). The molecule has 2 amide bonds. The van der Waals surface area contributed by atoms with Gasteiger partial charge in [0.1, 0.15) is 11.5 Å². The topological polar surface area (TPSA) is 74.0 Å². The van der Waals surface area contributed by atoms with E-state index in [4.69, 9.17) is 4.42 Å². The molecule has 2 unspecified atom stereocenters. The van der Waals surface area contributed by atoms with Gasteiger partial charge in [0.05, 0.1) is 12.6 Å². The number of likely N-dealkylation sites (tertiary alicyclic amines) is 1. The minimum atomic E-state index is -0.317. The molecule has 0 aromatic carbocycles. The van der Waals surface area contributed by atoms with E-state index < -0.39 is 0 Å². The number of hydrogen-bond donors (Lipinski definition) is 1. The summed E-state index contributed by atoms with van der Waals surface area (Å²) in [4.78, 5) is 27.5. The zero-order valence-corrected chi connectivity index (χ0v) is 14.9. The van der Waals surface area contributed by atoms with Crippen LogP contribution < -0.4 is 0 Å². The Bertz CT molecular complexity index is 658. The number of amides is 2. The van der Waals surface area contributed by atoms with Crippen molar-refractivity contribution in [3.05, 3.63) is 29.7 Å². The number of aliphatic hydroxyl groups is 1. The fourth-order valence-electron chi connectivity index (χ4n) is 3.15. The van der Waals surface area contributed by atoms with Crippen LogP contribution in [0, 0.1) is 5.92 Å². The summed E-state index contributed by atoms with van der Waals surface area (Å²) in [6.45, 7) is 3.34. The summed E-state index contributed by atoms with van der Waals surface area (Å²) in [5.41, 5.74) is 0. The molecule has 1 aromatic rings. The number of furan rings is 1. The van der Waals surface area contributed by atoms with Crippen LogP contribution in [0.5, 0.6) is 0 Å². The van der Waals surface area contributed by atoms with Gasteiger partial charge in [-0.3, -0.25) is 9.59 Å². The van der Waals surface area contributed by atoms with E-state index in [1.807, 2.05) is 12.1 Å². The highest BCUT2D eigenvalue weighted by atomic mass is 16.3. The number of rotatable bonds is 5. The molecule has 2 aliphatic rings. The summed E-state index contributed by atoms with van der Waals surface area (Å²) < 4.78 is 5.74. The minimum Gasteiger partial charge on any atom is -0.461 e. The van der Waals surface area contributed by atoms with Crippen molar-refractivity contribution >= 4 is 17.9 Å². The van der Waals surface area contributed by atoms with Crippen molar-refractivity contribution in [2.24, 2.45) is 5.92 Å². The van der Waals surface area contributed by atoms with Gasteiger partial charge in [-0.15, -0.1) is 0 Å². The van der Waals surface area contributed by atoms with Gasteiger partial charge in [0.25, 0.3) is 0 Å². The maximum atomic E-state index is 12.2. The first kappa shape index (κ1) is 17.7. The molecule has 6 heteroatoms. The molecule has 0 spiro atoms. The number of carbonyl (C=O) groups excluding carboxylic acids is 2. The molecule has 136 valence electrons. The van der Waals surface area contributed by atoms with Gasteiger partial charge in [-0.1, -0.05) is 6.92 Å². The van der Waals surface area contributed by atoms with Crippen LogP contribution in [0.15, 0.2) is 22.6 Å². The SMILES string of the molecule is CC1CC1c1ccc(/C=C/C(=O)N(C)CC(=O)N2CCC(O)CC2)o1. The van der Waals surface area contributed by atoms with Crippen LogP contribution in [0.3, 0.4) is 0 Å². The molecule has 0 radical (unpaired) electrons. The molecule has 2 fully saturated rings. The Morgan fingerprint density at radius 1 is 1.36 bits per heavy atom. The number of likely N-dealkylation sites (N-methyl/N-ethyl adjacent to an activating group) is 1. The lowest BCUT2D eigenvalue weighted by Gasteiger charge is -2.30. The standard InChI is InChI=1S/C19H26N2O4/c1-13-11-16(13)17-5-3-15(25-17)4-6-18(23)20(2)12-19(24)21-9-7-14(22)8-10-21/h3-6,13-14,16,22H,7-12H2,1-2H3/b6-4+. The van der Waals surface area contributed by atoms with E-state index in [9.17, 15) is 14.7 Å². The van der Waals surface area contributed by atoms with Gasteiger partial charge in [0.15, 0.2) is 0 Å². The Labute approximate surface area is 148 Å². The van der Waals surface area contributed by atoms with Crippen LogP contribution in [0.1, 0.15) is 43.6 Å². The third kappa shape index (κ3) is 4.51. The molecule has 2 atom stereocenters. The summed E-state index contributed by atoms with van der Waals surface area (Å²) in [5.74, 6) is 2.52. The van der Waals surface area contributed by atoms with E-state index in [2.05, 4.69) is 6.92 Å². The Hall–Kier alpha value is -2.08. The van der Waals surface area contributed by atoms with Crippen LogP contribution in [0.25, 0.3) is 6.08 Å². The second kappa shape index (κ2) is 7.44. The van der Waals surface area contributed by atoms with Crippen molar-refractivity contribution in [3.8, 4) is 0 Å². The van der Waals surface area contributed by atoms with Crippen molar-refractivity contribution in [3.63, 3.8) is 0 Å². The predicted molar refractivity (Wildman–Crippen MR) is 93.7 cm³/mol.